The summed E-state index contributed by atoms with van der Waals surface area (Å²) in [6.45, 7) is 6.83. The smallest absolute Gasteiger partial charge is 0.178 e. The first-order valence-corrected chi connectivity index (χ1v) is 8.46. The molecule has 2 rings (SSSR count). The van der Waals surface area contributed by atoms with E-state index < -0.39 is 9.84 Å². The van der Waals surface area contributed by atoms with Crippen molar-refractivity contribution in [3.05, 3.63) is 29.8 Å². The number of rotatable bonds is 4. The molecule has 1 aromatic rings. The number of ether oxygens (including phenoxy) is 1. The predicted octanol–water partition coefficient (Wildman–Crippen LogP) is 2.83. The molecule has 0 saturated carbocycles. The fourth-order valence-corrected chi connectivity index (χ4v) is 3.88. The van der Waals surface area contributed by atoms with Crippen LogP contribution < -0.4 is 0 Å². The summed E-state index contributed by atoms with van der Waals surface area (Å²) in [5, 5.41) is 0. The molecule has 1 aliphatic rings. The first-order valence-electron chi connectivity index (χ1n) is 6.81. The Morgan fingerprint density at radius 2 is 1.84 bits per heavy atom. The molecule has 4 heteroatoms. The summed E-state index contributed by atoms with van der Waals surface area (Å²) in [5.41, 5.74) is 1.07. The second-order valence-corrected chi connectivity index (χ2v) is 7.69. The summed E-state index contributed by atoms with van der Waals surface area (Å²) >= 11 is 0. The zero-order chi connectivity index (χ0) is 14.0. The molecule has 0 bridgehead atoms. The van der Waals surface area contributed by atoms with Gasteiger partial charge in [0.2, 0.25) is 0 Å². The Balaban J connectivity index is 2.00. The Bertz CT molecular complexity index is 519. The molecule has 1 aromatic carbocycles. The molecule has 1 heterocycles. The van der Waals surface area contributed by atoms with Crippen LogP contribution in [0.15, 0.2) is 29.2 Å². The average molecular weight is 282 g/mol. The molecular weight excluding hydrogens is 260 g/mol. The molecule has 1 saturated heterocycles. The second-order valence-electron chi connectivity index (χ2n) is 5.58. The third kappa shape index (κ3) is 3.37. The van der Waals surface area contributed by atoms with E-state index in [1.165, 1.54) is 0 Å². The van der Waals surface area contributed by atoms with Crippen LogP contribution in [-0.4, -0.2) is 26.9 Å². The van der Waals surface area contributed by atoms with Crippen molar-refractivity contribution in [2.24, 2.45) is 11.8 Å². The van der Waals surface area contributed by atoms with E-state index in [1.807, 2.05) is 19.1 Å². The summed E-state index contributed by atoms with van der Waals surface area (Å²) in [6.07, 6.45) is 0.925. The van der Waals surface area contributed by atoms with Crippen LogP contribution in [0, 0.1) is 18.8 Å². The van der Waals surface area contributed by atoms with Crippen LogP contribution in [0.1, 0.15) is 25.8 Å². The van der Waals surface area contributed by atoms with Crippen LogP contribution >= 0.6 is 0 Å². The van der Waals surface area contributed by atoms with Gasteiger partial charge in [0.15, 0.2) is 9.84 Å². The molecule has 3 atom stereocenters. The van der Waals surface area contributed by atoms with E-state index in [9.17, 15) is 8.42 Å². The Kier molecular flexibility index (Phi) is 4.31. The Morgan fingerprint density at radius 3 is 2.37 bits per heavy atom. The van der Waals surface area contributed by atoms with Crippen molar-refractivity contribution in [2.45, 2.75) is 38.2 Å². The van der Waals surface area contributed by atoms with Crippen LogP contribution in [-0.2, 0) is 14.6 Å². The van der Waals surface area contributed by atoms with Crippen molar-refractivity contribution in [2.75, 3.05) is 12.4 Å². The molecule has 0 spiro atoms. The lowest BCUT2D eigenvalue weighted by Crippen LogP contribution is -2.18. The highest BCUT2D eigenvalue weighted by molar-refractivity contribution is 7.91. The minimum atomic E-state index is -3.16. The summed E-state index contributed by atoms with van der Waals surface area (Å²) in [5.74, 6) is 1.00. The van der Waals surface area contributed by atoms with Crippen LogP contribution in [0.4, 0.5) is 0 Å². The highest BCUT2D eigenvalue weighted by atomic mass is 32.2. The molecule has 1 fully saturated rings. The standard InChI is InChI=1S/C15H22O3S/c1-11-4-6-15(7-5-11)19(16,17)9-8-14-10-18-13(3)12(14)2/h4-7,12-14H,8-10H2,1-3H3/t12-,13-,14+/m0/s1. The van der Waals surface area contributed by atoms with Gasteiger partial charge in [0.1, 0.15) is 0 Å². The fourth-order valence-electron chi connectivity index (χ4n) is 2.48. The topological polar surface area (TPSA) is 43.4 Å². The largest absolute Gasteiger partial charge is 0.378 e. The zero-order valence-corrected chi connectivity index (χ0v) is 12.6. The number of benzene rings is 1. The number of hydrogen-bond acceptors (Lipinski definition) is 3. The number of sulfone groups is 1. The van der Waals surface area contributed by atoms with Crippen molar-refractivity contribution in [3.63, 3.8) is 0 Å². The van der Waals surface area contributed by atoms with E-state index in [0.29, 0.717) is 29.8 Å². The molecule has 0 aliphatic carbocycles. The maximum atomic E-state index is 12.2. The third-order valence-corrected chi connectivity index (χ3v) is 5.96. The highest BCUT2D eigenvalue weighted by Crippen LogP contribution is 2.29. The van der Waals surface area contributed by atoms with Gasteiger partial charge < -0.3 is 4.74 Å². The second kappa shape index (κ2) is 5.63. The van der Waals surface area contributed by atoms with E-state index in [0.717, 1.165) is 5.56 Å². The lowest BCUT2D eigenvalue weighted by atomic mass is 9.91. The van der Waals surface area contributed by atoms with Crippen LogP contribution in [0.3, 0.4) is 0 Å². The molecule has 0 amide bonds. The molecule has 106 valence electrons. The van der Waals surface area contributed by atoms with Crippen molar-refractivity contribution in [3.8, 4) is 0 Å². The number of hydrogen-bond donors (Lipinski definition) is 0. The van der Waals surface area contributed by atoms with Gasteiger partial charge >= 0.3 is 0 Å². The van der Waals surface area contributed by atoms with Gasteiger partial charge in [-0.1, -0.05) is 24.6 Å². The molecule has 19 heavy (non-hydrogen) atoms. The summed E-state index contributed by atoms with van der Waals surface area (Å²) in [4.78, 5) is 0.428. The Labute approximate surface area is 115 Å². The van der Waals surface area contributed by atoms with Gasteiger partial charge in [-0.2, -0.15) is 0 Å². The fraction of sp³-hybridized carbons (Fsp3) is 0.600. The van der Waals surface area contributed by atoms with Gasteiger partial charge in [0, 0.05) is 0 Å². The molecule has 1 aliphatic heterocycles. The van der Waals surface area contributed by atoms with Crippen LogP contribution in [0.2, 0.25) is 0 Å². The van der Waals surface area contributed by atoms with E-state index in [1.54, 1.807) is 12.1 Å². The monoisotopic (exact) mass is 282 g/mol. The first kappa shape index (κ1) is 14.5. The number of aryl methyl sites for hydroxylation is 1. The minimum absolute atomic E-state index is 0.209. The maximum absolute atomic E-state index is 12.2. The molecule has 3 nitrogen and oxygen atoms in total. The van der Waals surface area contributed by atoms with Gasteiger partial charge in [0.05, 0.1) is 23.4 Å². The first-order chi connectivity index (χ1) is 8.90. The van der Waals surface area contributed by atoms with E-state index >= 15 is 0 Å². The molecule has 0 aromatic heterocycles. The van der Waals surface area contributed by atoms with Crippen molar-refractivity contribution >= 4 is 9.84 Å². The van der Waals surface area contributed by atoms with Gasteiger partial charge in [-0.3, -0.25) is 0 Å². The lowest BCUT2D eigenvalue weighted by Gasteiger charge is -2.15. The van der Waals surface area contributed by atoms with Crippen molar-refractivity contribution in [1.82, 2.24) is 0 Å². The summed E-state index contributed by atoms with van der Waals surface area (Å²) in [7, 11) is -3.16. The molecule has 0 radical (unpaired) electrons. The summed E-state index contributed by atoms with van der Waals surface area (Å²) in [6, 6.07) is 7.08. The van der Waals surface area contributed by atoms with E-state index in [4.69, 9.17) is 4.74 Å². The quantitative estimate of drug-likeness (QED) is 0.853. The Hall–Kier alpha value is -0.870. The SMILES string of the molecule is Cc1ccc(S(=O)(=O)CC[C@@H]2CO[C@@H](C)[C@@H]2C)cc1. The maximum Gasteiger partial charge on any atom is 0.178 e. The molecule has 0 N–H and O–H groups in total. The van der Waals surface area contributed by atoms with Crippen LogP contribution in [0.25, 0.3) is 0 Å². The normalized spacial score (nSPS) is 27.6. The minimum Gasteiger partial charge on any atom is -0.378 e. The van der Waals surface area contributed by atoms with Gasteiger partial charge in [-0.25, -0.2) is 8.42 Å². The Morgan fingerprint density at radius 1 is 1.21 bits per heavy atom. The molecule has 0 unspecified atom stereocenters. The average Bonchev–Trinajstić information content (AvgIpc) is 2.68. The van der Waals surface area contributed by atoms with Gasteiger partial charge in [0.25, 0.3) is 0 Å². The zero-order valence-electron chi connectivity index (χ0n) is 11.8. The van der Waals surface area contributed by atoms with Crippen LogP contribution in [0.5, 0.6) is 0 Å². The third-order valence-electron chi connectivity index (χ3n) is 4.19. The van der Waals surface area contributed by atoms with Crippen molar-refractivity contribution < 1.29 is 13.2 Å². The van der Waals surface area contributed by atoms with Crippen molar-refractivity contribution in [1.29, 1.82) is 0 Å². The highest BCUT2D eigenvalue weighted by Gasteiger charge is 2.31. The lowest BCUT2D eigenvalue weighted by molar-refractivity contribution is 0.108. The summed E-state index contributed by atoms with van der Waals surface area (Å²) < 4.78 is 30.1. The molecular formula is C15H22O3S. The van der Waals surface area contributed by atoms with E-state index in [2.05, 4.69) is 13.8 Å². The van der Waals surface area contributed by atoms with E-state index in [-0.39, 0.29) is 11.9 Å². The predicted molar refractivity (Wildman–Crippen MR) is 75.9 cm³/mol. The van der Waals surface area contributed by atoms with Gasteiger partial charge in [-0.05, 0) is 44.2 Å². The van der Waals surface area contributed by atoms with Gasteiger partial charge in [-0.15, -0.1) is 0 Å².